The van der Waals surface area contributed by atoms with Crippen molar-refractivity contribution in [3.63, 3.8) is 0 Å². The van der Waals surface area contributed by atoms with Crippen LogP contribution in [0.2, 0.25) is 0 Å². The third-order valence-electron chi connectivity index (χ3n) is 3.88. The molecule has 0 saturated heterocycles. The molecule has 4 heteroatoms. The summed E-state index contributed by atoms with van der Waals surface area (Å²) < 4.78 is 0. The highest BCUT2D eigenvalue weighted by Gasteiger charge is 2.37. The minimum atomic E-state index is -0.750. The van der Waals surface area contributed by atoms with Crippen LogP contribution < -0.4 is 5.32 Å². The molecule has 0 bridgehead atoms. The van der Waals surface area contributed by atoms with E-state index in [1.54, 1.807) is 0 Å². The molecule has 19 heavy (non-hydrogen) atoms. The van der Waals surface area contributed by atoms with Gasteiger partial charge in [0.25, 0.3) is 0 Å². The predicted molar refractivity (Wildman–Crippen MR) is 78.4 cm³/mol. The summed E-state index contributed by atoms with van der Waals surface area (Å²) in [5.41, 5.74) is -0.750. The lowest BCUT2D eigenvalue weighted by atomic mass is 9.95. The summed E-state index contributed by atoms with van der Waals surface area (Å²) in [6, 6.07) is 0.430. The molecule has 4 nitrogen and oxygen atoms in total. The van der Waals surface area contributed by atoms with Gasteiger partial charge in [-0.1, -0.05) is 13.8 Å². The zero-order chi connectivity index (χ0) is 14.5. The molecule has 0 spiro atoms. The molecule has 1 aliphatic rings. The van der Waals surface area contributed by atoms with Gasteiger partial charge in [0.2, 0.25) is 0 Å². The van der Waals surface area contributed by atoms with E-state index in [0.29, 0.717) is 12.5 Å². The largest absolute Gasteiger partial charge is 0.480 e. The van der Waals surface area contributed by atoms with Gasteiger partial charge in [0, 0.05) is 6.04 Å². The fraction of sp³-hybridized carbons (Fsp3) is 0.933. The van der Waals surface area contributed by atoms with Crippen LogP contribution in [0.5, 0.6) is 0 Å². The first-order valence-corrected chi connectivity index (χ1v) is 7.53. The molecule has 1 fully saturated rings. The van der Waals surface area contributed by atoms with E-state index in [1.165, 1.54) is 6.42 Å². The van der Waals surface area contributed by atoms with E-state index in [0.717, 1.165) is 38.3 Å². The van der Waals surface area contributed by atoms with Crippen LogP contribution in [0.3, 0.4) is 0 Å². The Bertz CT molecular complexity index is 290. The van der Waals surface area contributed by atoms with E-state index in [4.69, 9.17) is 0 Å². The SMILES string of the molecule is CC(C)CCN(C)CCCC(C)(NC1CC1)C(=O)O. The van der Waals surface area contributed by atoms with Gasteiger partial charge in [0.1, 0.15) is 5.54 Å². The zero-order valence-corrected chi connectivity index (χ0v) is 12.9. The lowest BCUT2D eigenvalue weighted by Gasteiger charge is -2.27. The molecule has 0 aromatic rings. The van der Waals surface area contributed by atoms with Gasteiger partial charge in [-0.05, 0) is 65.1 Å². The van der Waals surface area contributed by atoms with Crippen molar-refractivity contribution >= 4 is 5.97 Å². The van der Waals surface area contributed by atoms with Crippen molar-refractivity contribution in [1.82, 2.24) is 10.2 Å². The fourth-order valence-electron chi connectivity index (χ4n) is 2.21. The van der Waals surface area contributed by atoms with Gasteiger partial charge in [-0.15, -0.1) is 0 Å². The summed E-state index contributed by atoms with van der Waals surface area (Å²) >= 11 is 0. The summed E-state index contributed by atoms with van der Waals surface area (Å²) in [7, 11) is 2.12. The Morgan fingerprint density at radius 2 is 2.05 bits per heavy atom. The molecule has 0 aromatic carbocycles. The van der Waals surface area contributed by atoms with Gasteiger partial charge in [0.05, 0.1) is 0 Å². The highest BCUT2D eigenvalue weighted by atomic mass is 16.4. The molecule has 1 atom stereocenters. The molecule has 0 amide bonds. The number of nitrogens with zero attached hydrogens (tertiary/aromatic N) is 1. The van der Waals surface area contributed by atoms with Crippen molar-refractivity contribution in [2.75, 3.05) is 20.1 Å². The Labute approximate surface area is 117 Å². The van der Waals surface area contributed by atoms with Crippen molar-refractivity contribution < 1.29 is 9.90 Å². The van der Waals surface area contributed by atoms with Crippen molar-refractivity contribution in [2.45, 2.75) is 64.5 Å². The average Bonchev–Trinajstić information content (AvgIpc) is 3.10. The molecule has 0 radical (unpaired) electrons. The molecule has 2 N–H and O–H groups in total. The van der Waals surface area contributed by atoms with Crippen LogP contribution in [-0.2, 0) is 4.79 Å². The quantitative estimate of drug-likeness (QED) is 0.640. The molecule has 1 unspecified atom stereocenters. The molecule has 0 heterocycles. The van der Waals surface area contributed by atoms with Crippen LogP contribution in [-0.4, -0.2) is 47.7 Å². The predicted octanol–water partition coefficient (Wildman–Crippen LogP) is 2.34. The van der Waals surface area contributed by atoms with Crippen LogP contribution in [0.15, 0.2) is 0 Å². The van der Waals surface area contributed by atoms with Crippen molar-refractivity contribution in [2.24, 2.45) is 5.92 Å². The summed E-state index contributed by atoms with van der Waals surface area (Å²) in [6.07, 6.45) is 5.07. The monoisotopic (exact) mass is 270 g/mol. The molecule has 0 aromatic heterocycles. The van der Waals surface area contributed by atoms with Gasteiger partial charge in [-0.25, -0.2) is 0 Å². The Balaban J connectivity index is 2.25. The fourth-order valence-corrected chi connectivity index (χ4v) is 2.21. The van der Waals surface area contributed by atoms with Crippen LogP contribution >= 0.6 is 0 Å². The normalized spacial score (nSPS) is 18.8. The third-order valence-corrected chi connectivity index (χ3v) is 3.88. The summed E-state index contributed by atoms with van der Waals surface area (Å²) in [5.74, 6) is 0.00695. The molecular weight excluding hydrogens is 240 g/mol. The molecule has 1 rings (SSSR count). The van der Waals surface area contributed by atoms with E-state index >= 15 is 0 Å². The van der Waals surface area contributed by atoms with E-state index in [1.807, 2.05) is 6.92 Å². The Kier molecular flexibility index (Phi) is 6.27. The Hall–Kier alpha value is -0.610. The first kappa shape index (κ1) is 16.4. The van der Waals surface area contributed by atoms with Gasteiger partial charge in [0.15, 0.2) is 0 Å². The standard InChI is InChI=1S/C15H30N2O2/c1-12(2)8-11-17(4)10-5-9-15(3,14(18)19)16-13-6-7-13/h12-13,16H,5-11H2,1-4H3,(H,18,19). The number of carboxylic acid groups (broad SMARTS) is 1. The van der Waals surface area contributed by atoms with Gasteiger partial charge in [-0.3, -0.25) is 10.1 Å². The minimum absolute atomic E-state index is 0.430. The number of carbonyl (C=O) groups is 1. The van der Waals surface area contributed by atoms with Crippen molar-refractivity contribution in [3.05, 3.63) is 0 Å². The lowest BCUT2D eigenvalue weighted by Crippen LogP contribution is -2.50. The minimum Gasteiger partial charge on any atom is -0.480 e. The lowest BCUT2D eigenvalue weighted by molar-refractivity contribution is -0.144. The molecular formula is C15H30N2O2. The third kappa shape index (κ3) is 6.39. The van der Waals surface area contributed by atoms with Crippen LogP contribution in [0, 0.1) is 5.92 Å². The maximum absolute atomic E-state index is 11.4. The van der Waals surface area contributed by atoms with Crippen LogP contribution in [0.25, 0.3) is 0 Å². The van der Waals surface area contributed by atoms with E-state index in [2.05, 4.69) is 31.1 Å². The highest BCUT2D eigenvalue weighted by molar-refractivity contribution is 5.78. The van der Waals surface area contributed by atoms with Gasteiger partial charge >= 0.3 is 5.97 Å². The first-order chi connectivity index (χ1) is 8.83. The molecule has 1 saturated carbocycles. The molecule has 112 valence electrons. The highest BCUT2D eigenvalue weighted by Crippen LogP contribution is 2.25. The van der Waals surface area contributed by atoms with Gasteiger partial charge in [-0.2, -0.15) is 0 Å². The number of carboxylic acids is 1. The number of nitrogens with one attached hydrogen (secondary N) is 1. The summed E-state index contributed by atoms with van der Waals surface area (Å²) in [4.78, 5) is 13.7. The number of hydrogen-bond donors (Lipinski definition) is 2. The maximum atomic E-state index is 11.4. The van der Waals surface area contributed by atoms with Crippen molar-refractivity contribution in [1.29, 1.82) is 0 Å². The Morgan fingerprint density at radius 3 is 2.53 bits per heavy atom. The average molecular weight is 270 g/mol. The summed E-state index contributed by atoms with van der Waals surface area (Å²) in [5, 5.41) is 12.6. The smallest absolute Gasteiger partial charge is 0.323 e. The molecule has 1 aliphatic carbocycles. The number of rotatable bonds is 10. The number of hydrogen-bond acceptors (Lipinski definition) is 3. The Morgan fingerprint density at radius 1 is 1.42 bits per heavy atom. The van der Waals surface area contributed by atoms with E-state index in [9.17, 15) is 9.90 Å². The van der Waals surface area contributed by atoms with Crippen LogP contribution in [0.1, 0.15) is 52.9 Å². The summed E-state index contributed by atoms with van der Waals surface area (Å²) in [6.45, 7) is 8.35. The van der Waals surface area contributed by atoms with Crippen molar-refractivity contribution in [3.8, 4) is 0 Å². The molecule has 0 aliphatic heterocycles. The van der Waals surface area contributed by atoms with Crippen LogP contribution in [0.4, 0.5) is 0 Å². The van der Waals surface area contributed by atoms with Gasteiger partial charge < -0.3 is 10.0 Å². The van der Waals surface area contributed by atoms with E-state index in [-0.39, 0.29) is 0 Å². The second-order valence-corrected chi connectivity index (χ2v) is 6.65. The van der Waals surface area contributed by atoms with E-state index < -0.39 is 11.5 Å². The zero-order valence-electron chi connectivity index (χ0n) is 12.9. The second kappa shape index (κ2) is 7.25. The topological polar surface area (TPSA) is 52.6 Å². The maximum Gasteiger partial charge on any atom is 0.323 e. The second-order valence-electron chi connectivity index (χ2n) is 6.65. The first-order valence-electron chi connectivity index (χ1n) is 7.53. The number of aliphatic carboxylic acids is 1.